The lowest BCUT2D eigenvalue weighted by molar-refractivity contribution is -0.132. The van der Waals surface area contributed by atoms with Crippen LogP contribution in [-0.2, 0) is 11.2 Å². The number of hydrogen-bond acceptors (Lipinski definition) is 3. The summed E-state index contributed by atoms with van der Waals surface area (Å²) in [6.45, 7) is 0.839. The van der Waals surface area contributed by atoms with Gasteiger partial charge in [0.2, 0.25) is 5.91 Å². The molecule has 1 atom stereocenters. The van der Waals surface area contributed by atoms with Crippen molar-refractivity contribution in [3.63, 3.8) is 0 Å². The Balaban J connectivity index is 1.43. The third-order valence-corrected chi connectivity index (χ3v) is 4.68. The lowest BCUT2D eigenvalue weighted by Gasteiger charge is -2.25. The maximum atomic E-state index is 12.7. The summed E-state index contributed by atoms with van der Waals surface area (Å²) in [6.07, 6.45) is 6.81. The molecule has 4 rings (SSSR count). The molecule has 0 bridgehead atoms. The van der Waals surface area contributed by atoms with Crippen LogP contribution >= 0.6 is 0 Å². The van der Waals surface area contributed by atoms with Gasteiger partial charge in [0.1, 0.15) is 5.82 Å². The highest BCUT2D eigenvalue weighted by atomic mass is 16.2. The number of para-hydroxylation sites is 2. The van der Waals surface area contributed by atoms with Gasteiger partial charge in [0.15, 0.2) is 0 Å². The molecule has 1 aliphatic heterocycles. The number of aromatic nitrogens is 3. The highest BCUT2D eigenvalue weighted by Gasteiger charge is 2.29. The number of amides is 1. The Morgan fingerprint density at radius 1 is 1.21 bits per heavy atom. The van der Waals surface area contributed by atoms with Crippen LogP contribution in [0.4, 0.5) is 0 Å². The van der Waals surface area contributed by atoms with Crippen LogP contribution in [0.5, 0.6) is 0 Å². The van der Waals surface area contributed by atoms with Crippen molar-refractivity contribution in [2.75, 3.05) is 6.54 Å². The molecule has 0 aliphatic carbocycles. The monoisotopic (exact) mass is 320 g/mol. The van der Waals surface area contributed by atoms with Crippen molar-refractivity contribution in [3.8, 4) is 0 Å². The molecule has 1 aromatic carbocycles. The molecule has 1 unspecified atom stereocenters. The van der Waals surface area contributed by atoms with E-state index in [1.807, 2.05) is 41.3 Å². The van der Waals surface area contributed by atoms with Crippen molar-refractivity contribution in [1.82, 2.24) is 19.9 Å². The molecule has 24 heavy (non-hydrogen) atoms. The lowest BCUT2D eigenvalue weighted by Crippen LogP contribution is -2.30. The molecule has 0 saturated carbocycles. The van der Waals surface area contributed by atoms with Crippen molar-refractivity contribution in [2.24, 2.45) is 0 Å². The van der Waals surface area contributed by atoms with Crippen LogP contribution in [0.2, 0.25) is 0 Å². The zero-order chi connectivity index (χ0) is 16.4. The molecule has 1 aliphatic rings. The lowest BCUT2D eigenvalue weighted by atomic mass is 10.1. The summed E-state index contributed by atoms with van der Waals surface area (Å²) in [7, 11) is 0. The van der Waals surface area contributed by atoms with Gasteiger partial charge in [0.25, 0.3) is 0 Å². The van der Waals surface area contributed by atoms with E-state index in [9.17, 15) is 4.79 Å². The number of carbonyl (C=O) groups excluding carboxylic acids is 1. The van der Waals surface area contributed by atoms with Gasteiger partial charge in [-0.1, -0.05) is 12.1 Å². The molecule has 1 N–H and O–H groups in total. The van der Waals surface area contributed by atoms with Crippen LogP contribution in [0.25, 0.3) is 11.0 Å². The molecular formula is C19H20N4O. The second kappa shape index (κ2) is 6.43. The van der Waals surface area contributed by atoms with Gasteiger partial charge in [0.05, 0.1) is 17.1 Å². The number of H-pyrrole nitrogens is 1. The molecule has 1 fully saturated rings. The zero-order valence-electron chi connectivity index (χ0n) is 13.5. The number of pyridine rings is 1. The Morgan fingerprint density at radius 2 is 2.04 bits per heavy atom. The van der Waals surface area contributed by atoms with Gasteiger partial charge in [-0.25, -0.2) is 4.98 Å². The van der Waals surface area contributed by atoms with Gasteiger partial charge in [-0.05, 0) is 42.7 Å². The second-order valence-corrected chi connectivity index (χ2v) is 6.23. The molecule has 0 spiro atoms. The Labute approximate surface area is 140 Å². The SMILES string of the molecule is O=C(CCc1nc2ccccc2[nH]1)N1CCCC1c1ccncc1. The first kappa shape index (κ1) is 14.9. The van der Waals surface area contributed by atoms with E-state index in [2.05, 4.69) is 15.0 Å². The fraction of sp³-hybridized carbons (Fsp3) is 0.316. The van der Waals surface area contributed by atoms with Gasteiger partial charge in [-0.15, -0.1) is 0 Å². The van der Waals surface area contributed by atoms with Crippen LogP contribution in [0, 0.1) is 0 Å². The molecule has 3 heterocycles. The minimum atomic E-state index is 0.191. The van der Waals surface area contributed by atoms with E-state index in [-0.39, 0.29) is 11.9 Å². The minimum Gasteiger partial charge on any atom is -0.342 e. The molecule has 5 heteroatoms. The van der Waals surface area contributed by atoms with Crippen molar-refractivity contribution in [2.45, 2.75) is 31.7 Å². The summed E-state index contributed by atoms with van der Waals surface area (Å²) in [5.74, 6) is 1.08. The highest BCUT2D eigenvalue weighted by molar-refractivity contribution is 5.78. The minimum absolute atomic E-state index is 0.191. The normalized spacial score (nSPS) is 17.5. The standard InChI is InChI=1S/C19H20N4O/c24-19(8-7-18-21-15-4-1-2-5-16(15)22-18)23-13-3-6-17(23)14-9-11-20-12-10-14/h1-2,4-5,9-12,17H,3,6-8,13H2,(H,21,22). The number of benzene rings is 1. The Kier molecular flexibility index (Phi) is 3.99. The number of likely N-dealkylation sites (tertiary alicyclic amines) is 1. The van der Waals surface area contributed by atoms with Gasteiger partial charge >= 0.3 is 0 Å². The fourth-order valence-electron chi connectivity index (χ4n) is 3.49. The van der Waals surface area contributed by atoms with E-state index in [1.165, 1.54) is 5.56 Å². The number of nitrogens with zero attached hydrogens (tertiary/aromatic N) is 3. The van der Waals surface area contributed by atoms with E-state index in [0.29, 0.717) is 12.8 Å². The number of hydrogen-bond donors (Lipinski definition) is 1. The molecule has 3 aromatic rings. The molecule has 2 aromatic heterocycles. The molecule has 1 amide bonds. The number of imidazole rings is 1. The first-order valence-electron chi connectivity index (χ1n) is 8.44. The number of aryl methyl sites for hydroxylation is 1. The second-order valence-electron chi connectivity index (χ2n) is 6.23. The van der Waals surface area contributed by atoms with Crippen LogP contribution in [0.1, 0.15) is 36.7 Å². The van der Waals surface area contributed by atoms with Gasteiger partial charge in [-0.2, -0.15) is 0 Å². The van der Waals surface area contributed by atoms with Gasteiger partial charge in [0, 0.05) is 31.8 Å². The summed E-state index contributed by atoms with van der Waals surface area (Å²) in [5, 5.41) is 0. The average Bonchev–Trinajstić information content (AvgIpc) is 3.27. The zero-order valence-corrected chi connectivity index (χ0v) is 13.5. The molecule has 122 valence electrons. The summed E-state index contributed by atoms with van der Waals surface area (Å²) < 4.78 is 0. The van der Waals surface area contributed by atoms with Crippen LogP contribution < -0.4 is 0 Å². The van der Waals surface area contributed by atoms with Crippen LogP contribution in [0.15, 0.2) is 48.8 Å². The summed E-state index contributed by atoms with van der Waals surface area (Å²) in [5.41, 5.74) is 3.16. The first-order valence-corrected chi connectivity index (χ1v) is 8.44. The maximum Gasteiger partial charge on any atom is 0.223 e. The molecule has 1 saturated heterocycles. The van der Waals surface area contributed by atoms with Gasteiger partial charge < -0.3 is 9.88 Å². The van der Waals surface area contributed by atoms with E-state index in [0.717, 1.165) is 36.2 Å². The third-order valence-electron chi connectivity index (χ3n) is 4.68. The number of aromatic amines is 1. The third kappa shape index (κ3) is 2.89. The van der Waals surface area contributed by atoms with Crippen molar-refractivity contribution in [3.05, 3.63) is 60.2 Å². The smallest absolute Gasteiger partial charge is 0.223 e. The average molecular weight is 320 g/mol. The summed E-state index contributed by atoms with van der Waals surface area (Å²) in [4.78, 5) is 26.6. The van der Waals surface area contributed by atoms with E-state index in [1.54, 1.807) is 12.4 Å². The molecule has 0 radical (unpaired) electrons. The number of fused-ring (bicyclic) bond motifs is 1. The topological polar surface area (TPSA) is 61.9 Å². The highest BCUT2D eigenvalue weighted by Crippen LogP contribution is 2.32. The van der Waals surface area contributed by atoms with Crippen molar-refractivity contribution < 1.29 is 4.79 Å². The largest absolute Gasteiger partial charge is 0.342 e. The maximum absolute atomic E-state index is 12.7. The summed E-state index contributed by atoms with van der Waals surface area (Å²) >= 11 is 0. The predicted octanol–water partition coefficient (Wildman–Crippen LogP) is 3.25. The molecule has 5 nitrogen and oxygen atoms in total. The van der Waals surface area contributed by atoms with Crippen molar-refractivity contribution in [1.29, 1.82) is 0 Å². The van der Waals surface area contributed by atoms with E-state index < -0.39 is 0 Å². The number of rotatable bonds is 4. The van der Waals surface area contributed by atoms with Crippen LogP contribution in [0.3, 0.4) is 0 Å². The predicted molar refractivity (Wildman–Crippen MR) is 92.3 cm³/mol. The Bertz CT molecular complexity index is 810. The Hall–Kier alpha value is -2.69. The van der Waals surface area contributed by atoms with Crippen molar-refractivity contribution >= 4 is 16.9 Å². The quantitative estimate of drug-likeness (QED) is 0.802. The first-order chi connectivity index (χ1) is 11.8. The molecular weight excluding hydrogens is 300 g/mol. The number of carbonyl (C=O) groups is 1. The van der Waals surface area contributed by atoms with Crippen LogP contribution in [-0.4, -0.2) is 32.3 Å². The van der Waals surface area contributed by atoms with Gasteiger partial charge in [-0.3, -0.25) is 9.78 Å². The summed E-state index contributed by atoms with van der Waals surface area (Å²) in [6, 6.07) is 12.2. The number of nitrogens with one attached hydrogen (secondary N) is 1. The Morgan fingerprint density at radius 3 is 2.88 bits per heavy atom. The fourth-order valence-corrected chi connectivity index (χ4v) is 3.49. The van der Waals surface area contributed by atoms with E-state index >= 15 is 0 Å². The van der Waals surface area contributed by atoms with E-state index in [4.69, 9.17) is 0 Å².